The number of aryl methyl sites for hydroxylation is 1. The van der Waals surface area contributed by atoms with Gasteiger partial charge in [0.1, 0.15) is 0 Å². The van der Waals surface area contributed by atoms with E-state index in [0.717, 1.165) is 37.7 Å². The first-order chi connectivity index (χ1) is 14.0. The predicted octanol–water partition coefficient (Wildman–Crippen LogP) is 3.23. The van der Waals surface area contributed by atoms with Crippen molar-refractivity contribution >= 4 is 23.3 Å². The van der Waals surface area contributed by atoms with Crippen LogP contribution in [0.5, 0.6) is 0 Å². The molecule has 0 unspecified atom stereocenters. The first-order valence-electron chi connectivity index (χ1n) is 9.64. The first-order valence-corrected chi connectivity index (χ1v) is 10.0. The summed E-state index contributed by atoms with van der Waals surface area (Å²) in [4.78, 5) is 18.9. The molecule has 4 rings (SSSR count). The summed E-state index contributed by atoms with van der Waals surface area (Å²) in [6, 6.07) is 6.57. The van der Waals surface area contributed by atoms with Gasteiger partial charge in [-0.2, -0.15) is 5.10 Å². The van der Waals surface area contributed by atoms with Crippen molar-refractivity contribution in [1.82, 2.24) is 20.0 Å². The third-order valence-electron chi connectivity index (χ3n) is 5.26. The Kier molecular flexibility index (Phi) is 5.69. The van der Waals surface area contributed by atoms with Crippen molar-refractivity contribution in [3.8, 4) is 0 Å². The summed E-state index contributed by atoms with van der Waals surface area (Å²) < 4.78 is 14.2. The molecule has 1 fully saturated rings. The summed E-state index contributed by atoms with van der Waals surface area (Å²) in [7, 11) is 0. The Morgan fingerprint density at radius 1 is 1.28 bits per heavy atom. The number of aromatic amines is 1. The molecule has 152 valence electrons. The smallest absolute Gasteiger partial charge is 0.256 e. The van der Waals surface area contributed by atoms with Gasteiger partial charge >= 0.3 is 0 Å². The van der Waals surface area contributed by atoms with E-state index in [0.29, 0.717) is 13.1 Å². The Morgan fingerprint density at radius 2 is 2.07 bits per heavy atom. The second-order valence-electron chi connectivity index (χ2n) is 7.28. The Bertz CT molecular complexity index is 962. The van der Waals surface area contributed by atoms with Crippen molar-refractivity contribution in [3.05, 3.63) is 70.3 Å². The van der Waals surface area contributed by atoms with Crippen LogP contribution in [0.15, 0.2) is 48.2 Å². The molecular weight excluding hydrogens is 393 g/mol. The molecule has 2 aromatic rings. The number of benzene rings is 1. The van der Waals surface area contributed by atoms with Crippen molar-refractivity contribution < 1.29 is 9.18 Å². The monoisotopic (exact) mass is 415 g/mol. The highest BCUT2D eigenvalue weighted by molar-refractivity contribution is 6.31. The molecule has 1 saturated heterocycles. The van der Waals surface area contributed by atoms with Crippen molar-refractivity contribution in [3.63, 3.8) is 0 Å². The molecule has 0 spiro atoms. The van der Waals surface area contributed by atoms with Crippen LogP contribution in [-0.4, -0.2) is 65.2 Å². The van der Waals surface area contributed by atoms with Crippen LogP contribution in [0.1, 0.15) is 16.1 Å². The molecule has 0 atom stereocenters. The van der Waals surface area contributed by atoms with Gasteiger partial charge in [-0.3, -0.25) is 14.8 Å². The summed E-state index contributed by atoms with van der Waals surface area (Å²) in [5.41, 5.74) is 2.22. The standard InChI is InChI=1S/C21H23ClFN5O/c1-15-13-19(25-24-15)28-8-3-2-5-16(28)14-26-9-11-27(12-10-26)21(29)17-6-4-7-18(22)20(17)23/h2-7,13H,8-12,14H2,1H3,(H,24,25). The van der Waals surface area contributed by atoms with E-state index in [1.54, 1.807) is 11.0 Å². The van der Waals surface area contributed by atoms with Gasteiger partial charge in [0.25, 0.3) is 5.91 Å². The fourth-order valence-electron chi connectivity index (χ4n) is 3.65. The molecule has 1 aromatic carbocycles. The average molecular weight is 416 g/mol. The highest BCUT2D eigenvalue weighted by atomic mass is 35.5. The predicted molar refractivity (Wildman–Crippen MR) is 112 cm³/mol. The lowest BCUT2D eigenvalue weighted by molar-refractivity contribution is 0.0642. The number of aromatic nitrogens is 2. The highest BCUT2D eigenvalue weighted by Crippen LogP contribution is 2.22. The SMILES string of the molecule is Cc1cc(N2CC=CC=C2CN2CCN(C(=O)c3cccc(Cl)c3F)CC2)n[nH]1. The maximum absolute atomic E-state index is 14.2. The van der Waals surface area contributed by atoms with E-state index < -0.39 is 5.82 Å². The lowest BCUT2D eigenvalue weighted by atomic mass is 10.1. The zero-order valence-electron chi connectivity index (χ0n) is 16.2. The zero-order valence-corrected chi connectivity index (χ0v) is 17.0. The maximum Gasteiger partial charge on any atom is 0.256 e. The summed E-state index contributed by atoms with van der Waals surface area (Å²) in [6.07, 6.45) is 6.27. The van der Waals surface area contributed by atoms with Crippen molar-refractivity contribution in [2.24, 2.45) is 0 Å². The minimum atomic E-state index is -0.648. The molecule has 1 N–H and O–H groups in total. The molecule has 0 aliphatic carbocycles. The molecular formula is C21H23ClFN5O. The number of halogens is 2. The molecule has 0 bridgehead atoms. The fourth-order valence-corrected chi connectivity index (χ4v) is 3.83. The van der Waals surface area contributed by atoms with Gasteiger partial charge in [0.2, 0.25) is 0 Å². The fraction of sp³-hybridized carbons (Fsp3) is 0.333. The van der Waals surface area contributed by atoms with E-state index in [1.165, 1.54) is 17.8 Å². The minimum Gasteiger partial charge on any atom is -0.336 e. The van der Waals surface area contributed by atoms with Gasteiger partial charge in [0.05, 0.1) is 10.6 Å². The number of anilines is 1. The highest BCUT2D eigenvalue weighted by Gasteiger charge is 2.26. The van der Waals surface area contributed by atoms with Crippen LogP contribution in [0.3, 0.4) is 0 Å². The van der Waals surface area contributed by atoms with Crippen LogP contribution in [0.2, 0.25) is 5.02 Å². The van der Waals surface area contributed by atoms with E-state index in [9.17, 15) is 9.18 Å². The third-order valence-corrected chi connectivity index (χ3v) is 5.55. The van der Waals surface area contributed by atoms with Crippen LogP contribution in [0.25, 0.3) is 0 Å². The second-order valence-corrected chi connectivity index (χ2v) is 7.68. The largest absolute Gasteiger partial charge is 0.336 e. The van der Waals surface area contributed by atoms with Gasteiger partial charge in [0, 0.05) is 56.7 Å². The van der Waals surface area contributed by atoms with E-state index >= 15 is 0 Å². The number of amides is 1. The van der Waals surface area contributed by atoms with Gasteiger partial charge in [-0.15, -0.1) is 0 Å². The number of rotatable bonds is 4. The van der Waals surface area contributed by atoms with E-state index in [4.69, 9.17) is 11.6 Å². The van der Waals surface area contributed by atoms with Crippen LogP contribution >= 0.6 is 11.6 Å². The third kappa shape index (κ3) is 4.21. The van der Waals surface area contributed by atoms with Crippen LogP contribution < -0.4 is 4.90 Å². The normalized spacial score (nSPS) is 17.6. The number of nitrogens with zero attached hydrogens (tertiary/aromatic N) is 4. The molecule has 3 heterocycles. The Morgan fingerprint density at radius 3 is 2.79 bits per heavy atom. The average Bonchev–Trinajstić information content (AvgIpc) is 3.17. The number of hydrogen-bond donors (Lipinski definition) is 1. The molecule has 2 aliphatic heterocycles. The summed E-state index contributed by atoms with van der Waals surface area (Å²) in [6.45, 7) is 6.08. The number of carbonyl (C=O) groups is 1. The molecule has 8 heteroatoms. The number of nitrogens with one attached hydrogen (secondary N) is 1. The molecule has 0 radical (unpaired) electrons. The zero-order chi connectivity index (χ0) is 20.4. The number of piperazine rings is 1. The molecule has 1 amide bonds. The quantitative estimate of drug-likeness (QED) is 0.833. The summed E-state index contributed by atoms with van der Waals surface area (Å²) in [5.74, 6) is -0.0490. The van der Waals surface area contributed by atoms with Gasteiger partial charge in [0.15, 0.2) is 11.6 Å². The summed E-state index contributed by atoms with van der Waals surface area (Å²) >= 11 is 5.82. The minimum absolute atomic E-state index is 0.0273. The molecule has 1 aromatic heterocycles. The lowest BCUT2D eigenvalue weighted by Gasteiger charge is -2.37. The van der Waals surface area contributed by atoms with E-state index in [2.05, 4.69) is 38.2 Å². The molecule has 0 saturated carbocycles. The summed E-state index contributed by atoms with van der Waals surface area (Å²) in [5, 5.41) is 7.34. The lowest BCUT2D eigenvalue weighted by Crippen LogP contribution is -2.50. The van der Waals surface area contributed by atoms with E-state index in [-0.39, 0.29) is 16.5 Å². The molecule has 2 aliphatic rings. The van der Waals surface area contributed by atoms with Gasteiger partial charge < -0.3 is 9.80 Å². The first kappa shape index (κ1) is 19.7. The van der Waals surface area contributed by atoms with Gasteiger partial charge in [-0.25, -0.2) is 4.39 Å². The van der Waals surface area contributed by atoms with E-state index in [1.807, 2.05) is 13.0 Å². The Hall–Kier alpha value is -2.64. The number of carbonyl (C=O) groups excluding carboxylic acids is 1. The Balaban J connectivity index is 1.38. The van der Waals surface area contributed by atoms with Crippen LogP contribution in [-0.2, 0) is 0 Å². The van der Waals surface area contributed by atoms with Gasteiger partial charge in [-0.1, -0.05) is 29.8 Å². The van der Waals surface area contributed by atoms with Gasteiger partial charge in [-0.05, 0) is 25.1 Å². The number of allylic oxidation sites excluding steroid dienone is 2. The van der Waals surface area contributed by atoms with Crippen LogP contribution in [0, 0.1) is 12.7 Å². The van der Waals surface area contributed by atoms with Crippen LogP contribution in [0.4, 0.5) is 10.2 Å². The van der Waals surface area contributed by atoms with Crippen molar-refractivity contribution in [1.29, 1.82) is 0 Å². The second kappa shape index (κ2) is 8.39. The number of hydrogen-bond acceptors (Lipinski definition) is 4. The number of H-pyrrole nitrogens is 1. The topological polar surface area (TPSA) is 55.5 Å². The maximum atomic E-state index is 14.2. The van der Waals surface area contributed by atoms with Crippen molar-refractivity contribution in [2.45, 2.75) is 6.92 Å². The molecule has 6 nitrogen and oxygen atoms in total. The molecule has 29 heavy (non-hydrogen) atoms. The Labute approximate surface area is 174 Å². The van der Waals surface area contributed by atoms with Crippen molar-refractivity contribution in [2.75, 3.05) is 44.2 Å².